The van der Waals surface area contributed by atoms with Crippen molar-refractivity contribution in [1.82, 2.24) is 24.9 Å². The molecule has 0 unspecified atom stereocenters. The molecule has 5 nitrogen and oxygen atoms in total. The normalized spacial score (nSPS) is 19.7. The van der Waals surface area contributed by atoms with Gasteiger partial charge in [0.15, 0.2) is 0 Å². The average Bonchev–Trinajstić information content (AvgIpc) is 2.92. The Morgan fingerprint density at radius 2 is 1.96 bits per heavy atom. The molecule has 24 heavy (non-hydrogen) atoms. The second-order valence-corrected chi connectivity index (χ2v) is 6.78. The molecule has 1 aromatic carbocycles. The van der Waals surface area contributed by atoms with Crippen molar-refractivity contribution in [2.45, 2.75) is 19.5 Å². The quantitative estimate of drug-likeness (QED) is 0.821. The Bertz CT molecular complexity index is 636. The highest BCUT2D eigenvalue weighted by atomic mass is 15.3. The first kappa shape index (κ1) is 17.1. The minimum atomic E-state index is 0.492. The number of hydrogen-bond acceptors (Lipinski definition) is 4. The lowest BCUT2D eigenvalue weighted by atomic mass is 10.0. The molecule has 5 heteroatoms. The van der Waals surface area contributed by atoms with Gasteiger partial charge in [-0.1, -0.05) is 30.3 Å². The van der Waals surface area contributed by atoms with Crippen LogP contribution < -0.4 is 5.32 Å². The SMILES string of the molecule is Cc1c(CNCCN2CCN(C)C[C@@H]2c2ccccc2)cnn1C. The fourth-order valence-corrected chi connectivity index (χ4v) is 3.38. The number of nitrogens with one attached hydrogen (secondary N) is 1. The Kier molecular flexibility index (Phi) is 5.66. The zero-order valence-corrected chi connectivity index (χ0v) is 15.1. The van der Waals surface area contributed by atoms with Gasteiger partial charge in [-0.3, -0.25) is 9.58 Å². The maximum atomic E-state index is 4.31. The summed E-state index contributed by atoms with van der Waals surface area (Å²) in [6, 6.07) is 11.4. The van der Waals surface area contributed by atoms with E-state index >= 15 is 0 Å². The monoisotopic (exact) mass is 327 g/mol. The first-order valence-corrected chi connectivity index (χ1v) is 8.81. The minimum absolute atomic E-state index is 0.492. The van der Waals surface area contributed by atoms with Crippen LogP contribution in [0.1, 0.15) is 22.9 Å². The standard InChI is InChI=1S/C19H29N5/c1-16-18(14-21-23(16)3)13-20-9-10-24-12-11-22(2)15-19(24)17-7-5-4-6-8-17/h4-8,14,19-20H,9-13,15H2,1-3H3/t19-/m1/s1. The van der Waals surface area contributed by atoms with E-state index < -0.39 is 0 Å². The molecule has 1 aliphatic rings. The third kappa shape index (κ3) is 4.04. The lowest BCUT2D eigenvalue weighted by Gasteiger charge is -2.40. The van der Waals surface area contributed by atoms with Crippen LogP contribution in [0.25, 0.3) is 0 Å². The van der Waals surface area contributed by atoms with E-state index in [1.54, 1.807) is 0 Å². The van der Waals surface area contributed by atoms with E-state index in [4.69, 9.17) is 0 Å². The summed E-state index contributed by atoms with van der Waals surface area (Å²) in [4.78, 5) is 5.04. The van der Waals surface area contributed by atoms with Gasteiger partial charge in [-0.2, -0.15) is 5.10 Å². The van der Waals surface area contributed by atoms with E-state index in [1.807, 2.05) is 17.9 Å². The van der Waals surface area contributed by atoms with Crippen molar-refractivity contribution in [3.05, 3.63) is 53.3 Å². The highest BCUT2D eigenvalue weighted by molar-refractivity contribution is 5.20. The summed E-state index contributed by atoms with van der Waals surface area (Å²) < 4.78 is 1.93. The lowest BCUT2D eigenvalue weighted by Crippen LogP contribution is -2.48. The smallest absolute Gasteiger partial charge is 0.0537 e. The summed E-state index contributed by atoms with van der Waals surface area (Å²) in [5, 5.41) is 7.88. The number of rotatable bonds is 6. The molecule has 1 aromatic heterocycles. The number of hydrogen-bond donors (Lipinski definition) is 1. The molecular weight excluding hydrogens is 298 g/mol. The van der Waals surface area contributed by atoms with Crippen molar-refractivity contribution < 1.29 is 0 Å². The molecule has 0 amide bonds. The summed E-state index contributed by atoms with van der Waals surface area (Å²) in [5.41, 5.74) is 3.95. The second kappa shape index (κ2) is 7.92. The number of nitrogens with zero attached hydrogens (tertiary/aromatic N) is 4. The van der Waals surface area contributed by atoms with Crippen molar-refractivity contribution in [2.24, 2.45) is 7.05 Å². The Balaban J connectivity index is 1.53. The van der Waals surface area contributed by atoms with Crippen molar-refractivity contribution in [1.29, 1.82) is 0 Å². The average molecular weight is 327 g/mol. The number of benzene rings is 1. The Morgan fingerprint density at radius 3 is 2.67 bits per heavy atom. The Hall–Kier alpha value is -1.69. The van der Waals surface area contributed by atoms with Gasteiger partial charge >= 0.3 is 0 Å². The first-order chi connectivity index (χ1) is 11.6. The molecular formula is C19H29N5. The van der Waals surface area contributed by atoms with E-state index in [0.29, 0.717) is 6.04 Å². The second-order valence-electron chi connectivity index (χ2n) is 6.78. The van der Waals surface area contributed by atoms with Crippen molar-refractivity contribution in [3.63, 3.8) is 0 Å². The van der Waals surface area contributed by atoms with E-state index in [2.05, 4.69) is 64.5 Å². The summed E-state index contributed by atoms with van der Waals surface area (Å²) in [6.07, 6.45) is 1.96. The predicted molar refractivity (Wildman–Crippen MR) is 97.9 cm³/mol. The topological polar surface area (TPSA) is 36.3 Å². The van der Waals surface area contributed by atoms with Gasteiger partial charge in [-0.15, -0.1) is 0 Å². The number of piperazine rings is 1. The third-order valence-corrected chi connectivity index (χ3v) is 5.11. The molecule has 1 aliphatic heterocycles. The minimum Gasteiger partial charge on any atom is -0.311 e. The van der Waals surface area contributed by atoms with Gasteiger partial charge in [-0.25, -0.2) is 0 Å². The summed E-state index contributed by atoms with van der Waals surface area (Å²) in [6.45, 7) is 8.47. The van der Waals surface area contributed by atoms with Gasteiger partial charge in [0.25, 0.3) is 0 Å². The Labute approximate surface area is 145 Å². The third-order valence-electron chi connectivity index (χ3n) is 5.11. The van der Waals surface area contributed by atoms with Crippen molar-refractivity contribution in [2.75, 3.05) is 39.8 Å². The molecule has 0 aliphatic carbocycles. The van der Waals surface area contributed by atoms with Gasteiger partial charge in [0, 0.05) is 63.6 Å². The maximum absolute atomic E-state index is 4.31. The van der Waals surface area contributed by atoms with E-state index in [1.165, 1.54) is 16.8 Å². The van der Waals surface area contributed by atoms with Crippen LogP contribution in [0.4, 0.5) is 0 Å². The van der Waals surface area contributed by atoms with Crippen molar-refractivity contribution in [3.8, 4) is 0 Å². The Morgan fingerprint density at radius 1 is 1.17 bits per heavy atom. The van der Waals surface area contributed by atoms with Crippen LogP contribution in [0.2, 0.25) is 0 Å². The van der Waals surface area contributed by atoms with Crippen LogP contribution in [0.3, 0.4) is 0 Å². The molecule has 0 saturated carbocycles. The van der Waals surface area contributed by atoms with E-state index in [9.17, 15) is 0 Å². The number of aromatic nitrogens is 2. The van der Waals surface area contributed by atoms with Crippen molar-refractivity contribution >= 4 is 0 Å². The van der Waals surface area contributed by atoms with Gasteiger partial charge in [0.2, 0.25) is 0 Å². The highest BCUT2D eigenvalue weighted by Gasteiger charge is 2.25. The van der Waals surface area contributed by atoms with Crippen LogP contribution >= 0.6 is 0 Å². The number of aryl methyl sites for hydroxylation is 1. The fourth-order valence-electron chi connectivity index (χ4n) is 3.38. The molecule has 1 saturated heterocycles. The van der Waals surface area contributed by atoms with Gasteiger partial charge in [0.1, 0.15) is 0 Å². The molecule has 0 bridgehead atoms. The van der Waals surface area contributed by atoms with E-state index in [0.717, 1.165) is 39.3 Å². The van der Waals surface area contributed by atoms with Crippen LogP contribution in [-0.2, 0) is 13.6 Å². The molecule has 0 spiro atoms. The largest absolute Gasteiger partial charge is 0.311 e. The molecule has 1 fully saturated rings. The van der Waals surface area contributed by atoms with Crippen LogP contribution in [0.5, 0.6) is 0 Å². The molecule has 2 heterocycles. The van der Waals surface area contributed by atoms with Gasteiger partial charge in [0.05, 0.1) is 6.20 Å². The fraction of sp³-hybridized carbons (Fsp3) is 0.526. The zero-order valence-electron chi connectivity index (χ0n) is 15.1. The summed E-state index contributed by atoms with van der Waals surface area (Å²) in [5.74, 6) is 0. The maximum Gasteiger partial charge on any atom is 0.0537 e. The van der Waals surface area contributed by atoms with Crippen LogP contribution in [0.15, 0.2) is 36.5 Å². The predicted octanol–water partition coefficient (Wildman–Crippen LogP) is 1.81. The van der Waals surface area contributed by atoms with Gasteiger partial charge in [-0.05, 0) is 19.5 Å². The molecule has 3 rings (SSSR count). The summed E-state index contributed by atoms with van der Waals surface area (Å²) >= 11 is 0. The van der Waals surface area contributed by atoms with Crippen LogP contribution in [0, 0.1) is 6.92 Å². The first-order valence-electron chi connectivity index (χ1n) is 8.81. The van der Waals surface area contributed by atoms with E-state index in [-0.39, 0.29) is 0 Å². The number of likely N-dealkylation sites (N-methyl/N-ethyl adjacent to an activating group) is 1. The molecule has 2 aromatic rings. The molecule has 1 atom stereocenters. The highest BCUT2D eigenvalue weighted by Crippen LogP contribution is 2.24. The molecule has 1 N–H and O–H groups in total. The summed E-state index contributed by atoms with van der Waals surface area (Å²) in [7, 11) is 4.21. The molecule has 130 valence electrons. The van der Waals surface area contributed by atoms with Gasteiger partial charge < -0.3 is 10.2 Å². The molecule has 0 radical (unpaired) electrons. The lowest BCUT2D eigenvalue weighted by molar-refractivity contribution is 0.0906. The zero-order chi connectivity index (χ0) is 16.9. The van der Waals surface area contributed by atoms with Crippen LogP contribution in [-0.4, -0.2) is 59.4 Å².